The third-order valence-electron chi connectivity index (χ3n) is 11.4. The maximum Gasteiger partial charge on any atom is 0.137 e. The van der Waals surface area contributed by atoms with Gasteiger partial charge in [-0.3, -0.25) is 0 Å². The molecular weight excluding hydrogens is 701 g/mol. The molecule has 12 aromatic rings. The SMILES string of the molecule is c1ccc(-n2c3cc(-c4ccc(N(c5cccc6c5sc5ccccc56)c5cccc6oc7ccccc7c56)cc4)ccc3c3ccc4ccccc4c32)cc1. The highest BCUT2D eigenvalue weighted by Gasteiger charge is 2.23. The summed E-state index contributed by atoms with van der Waals surface area (Å²) < 4.78 is 11.4. The van der Waals surface area contributed by atoms with Crippen molar-refractivity contribution in [3.05, 3.63) is 194 Å². The summed E-state index contributed by atoms with van der Waals surface area (Å²) >= 11 is 1.85. The Bertz CT molecular complexity index is 3480. The topological polar surface area (TPSA) is 21.3 Å². The molecule has 0 spiro atoms. The summed E-state index contributed by atoms with van der Waals surface area (Å²) in [6, 6.07) is 70.2. The van der Waals surface area contributed by atoms with Gasteiger partial charge in [0.25, 0.3) is 0 Å². The van der Waals surface area contributed by atoms with E-state index in [9.17, 15) is 0 Å². The summed E-state index contributed by atoms with van der Waals surface area (Å²) in [5, 5.41) is 9.78. The van der Waals surface area contributed by atoms with E-state index in [1.165, 1.54) is 58.3 Å². The van der Waals surface area contributed by atoms with Crippen molar-refractivity contribution >= 4 is 103 Å². The zero-order valence-electron chi connectivity index (χ0n) is 30.2. The second-order valence-electron chi connectivity index (χ2n) is 14.5. The molecule has 0 radical (unpaired) electrons. The number of hydrogen-bond acceptors (Lipinski definition) is 3. The molecule has 262 valence electrons. The monoisotopic (exact) mass is 732 g/mol. The molecule has 0 aliphatic rings. The zero-order chi connectivity index (χ0) is 36.7. The van der Waals surface area contributed by atoms with E-state index < -0.39 is 0 Å². The summed E-state index contributed by atoms with van der Waals surface area (Å²) in [4.78, 5) is 2.42. The number of aromatic nitrogens is 1. The Labute approximate surface area is 326 Å². The van der Waals surface area contributed by atoms with Crippen molar-refractivity contribution in [2.75, 3.05) is 4.90 Å². The van der Waals surface area contributed by atoms with Crippen molar-refractivity contribution in [2.24, 2.45) is 0 Å². The van der Waals surface area contributed by atoms with Gasteiger partial charge in [-0.25, -0.2) is 0 Å². The molecule has 0 amide bonds. The largest absolute Gasteiger partial charge is 0.456 e. The number of anilines is 3. The van der Waals surface area contributed by atoms with Crippen LogP contribution >= 0.6 is 11.3 Å². The van der Waals surface area contributed by atoms with Gasteiger partial charge in [-0.05, 0) is 77.2 Å². The van der Waals surface area contributed by atoms with Gasteiger partial charge in [-0.15, -0.1) is 11.3 Å². The molecule has 3 heterocycles. The van der Waals surface area contributed by atoms with E-state index in [1.54, 1.807) is 0 Å². The Morgan fingerprint density at radius 1 is 0.446 bits per heavy atom. The minimum atomic E-state index is 0.878. The van der Waals surface area contributed by atoms with Crippen LogP contribution in [0.25, 0.3) is 91.5 Å². The molecule has 9 aromatic carbocycles. The molecule has 0 saturated heterocycles. The Kier molecular flexibility index (Phi) is 6.80. The third-order valence-corrected chi connectivity index (χ3v) is 12.6. The predicted molar refractivity (Wildman–Crippen MR) is 239 cm³/mol. The van der Waals surface area contributed by atoms with Gasteiger partial charge in [0.15, 0.2) is 0 Å². The van der Waals surface area contributed by atoms with Crippen molar-refractivity contribution in [1.29, 1.82) is 0 Å². The minimum Gasteiger partial charge on any atom is -0.456 e. The van der Waals surface area contributed by atoms with Crippen LogP contribution in [0.3, 0.4) is 0 Å². The van der Waals surface area contributed by atoms with Crippen LogP contribution in [0, 0.1) is 0 Å². The first-order valence-corrected chi connectivity index (χ1v) is 19.8. The lowest BCUT2D eigenvalue weighted by molar-refractivity contribution is 0.669. The Morgan fingerprint density at radius 2 is 1.12 bits per heavy atom. The lowest BCUT2D eigenvalue weighted by atomic mass is 10.0. The average molecular weight is 733 g/mol. The van der Waals surface area contributed by atoms with Crippen LogP contribution in [-0.2, 0) is 0 Å². The number of rotatable bonds is 5. The standard InChI is InChI=1S/C52H32N2OS/c1-2-13-36(14-3-1)54-46-32-35(27-30-39(46)41-31-26-34-12-4-5-15-38(34)51(41)54)33-24-28-37(29-25-33)53(44-19-11-22-48-50(44)43-17-6-8-21-47(43)55-48)45-20-10-18-42-40-16-7-9-23-49(40)56-52(42)45/h1-32H. The van der Waals surface area contributed by atoms with Gasteiger partial charge in [0.1, 0.15) is 11.2 Å². The molecule has 4 heteroatoms. The summed E-state index contributed by atoms with van der Waals surface area (Å²) in [6.07, 6.45) is 0. The fraction of sp³-hybridized carbons (Fsp3) is 0. The minimum absolute atomic E-state index is 0.878. The van der Waals surface area contributed by atoms with Crippen LogP contribution in [-0.4, -0.2) is 4.57 Å². The highest BCUT2D eigenvalue weighted by atomic mass is 32.1. The molecule has 0 unspecified atom stereocenters. The van der Waals surface area contributed by atoms with E-state index in [1.807, 2.05) is 17.4 Å². The number of fused-ring (bicyclic) bond motifs is 11. The Hall–Kier alpha value is -7.14. The van der Waals surface area contributed by atoms with E-state index in [0.717, 1.165) is 50.3 Å². The normalized spacial score (nSPS) is 11.9. The molecule has 0 fully saturated rings. The molecule has 12 rings (SSSR count). The second-order valence-corrected chi connectivity index (χ2v) is 15.5. The smallest absolute Gasteiger partial charge is 0.137 e. The highest BCUT2D eigenvalue weighted by Crippen LogP contribution is 2.48. The van der Waals surface area contributed by atoms with E-state index in [2.05, 4.69) is 198 Å². The summed E-state index contributed by atoms with van der Waals surface area (Å²) in [5.74, 6) is 0. The molecule has 0 bridgehead atoms. The van der Waals surface area contributed by atoms with Crippen molar-refractivity contribution < 1.29 is 4.42 Å². The van der Waals surface area contributed by atoms with Crippen molar-refractivity contribution in [2.45, 2.75) is 0 Å². The highest BCUT2D eigenvalue weighted by molar-refractivity contribution is 7.26. The van der Waals surface area contributed by atoms with Crippen LogP contribution in [0.4, 0.5) is 17.1 Å². The predicted octanol–water partition coefficient (Wildman–Crippen LogP) is 15.3. The molecule has 0 aliphatic carbocycles. The molecule has 0 aliphatic heterocycles. The number of thiophene rings is 1. The summed E-state index contributed by atoms with van der Waals surface area (Å²) in [5.41, 5.74) is 11.0. The fourth-order valence-corrected chi connectivity index (χ4v) is 10.1. The molecule has 3 nitrogen and oxygen atoms in total. The molecule has 3 aromatic heterocycles. The van der Waals surface area contributed by atoms with Crippen LogP contribution in [0.1, 0.15) is 0 Å². The number of furan rings is 1. The van der Waals surface area contributed by atoms with Crippen LogP contribution in [0.2, 0.25) is 0 Å². The second kappa shape index (κ2) is 12.2. The molecular formula is C52H32N2OS. The molecule has 0 atom stereocenters. The van der Waals surface area contributed by atoms with Crippen LogP contribution in [0.15, 0.2) is 199 Å². The third kappa shape index (κ3) is 4.63. The first-order chi connectivity index (χ1) is 27.8. The van der Waals surface area contributed by atoms with Gasteiger partial charge in [-0.1, -0.05) is 133 Å². The molecule has 56 heavy (non-hydrogen) atoms. The van der Waals surface area contributed by atoms with Crippen molar-refractivity contribution in [3.63, 3.8) is 0 Å². The van der Waals surface area contributed by atoms with Gasteiger partial charge in [0.2, 0.25) is 0 Å². The molecule has 0 N–H and O–H groups in total. The maximum absolute atomic E-state index is 6.42. The number of para-hydroxylation sites is 2. The molecule has 0 saturated carbocycles. The average Bonchev–Trinajstić information content (AvgIpc) is 3.94. The number of benzene rings is 9. The van der Waals surface area contributed by atoms with Gasteiger partial charge >= 0.3 is 0 Å². The van der Waals surface area contributed by atoms with Crippen LogP contribution < -0.4 is 4.90 Å². The van der Waals surface area contributed by atoms with Gasteiger partial charge < -0.3 is 13.9 Å². The number of nitrogens with zero attached hydrogens (tertiary/aromatic N) is 2. The lowest BCUT2D eigenvalue weighted by Crippen LogP contribution is -2.10. The Balaban J connectivity index is 1.06. The first kappa shape index (κ1) is 31.2. The lowest BCUT2D eigenvalue weighted by Gasteiger charge is -2.27. The van der Waals surface area contributed by atoms with E-state index in [4.69, 9.17) is 4.42 Å². The van der Waals surface area contributed by atoms with Crippen molar-refractivity contribution in [3.8, 4) is 16.8 Å². The summed E-state index contributed by atoms with van der Waals surface area (Å²) in [7, 11) is 0. The van der Waals surface area contributed by atoms with E-state index >= 15 is 0 Å². The summed E-state index contributed by atoms with van der Waals surface area (Å²) in [6.45, 7) is 0. The van der Waals surface area contributed by atoms with Gasteiger partial charge in [-0.2, -0.15) is 0 Å². The maximum atomic E-state index is 6.42. The van der Waals surface area contributed by atoms with Crippen LogP contribution in [0.5, 0.6) is 0 Å². The first-order valence-electron chi connectivity index (χ1n) is 19.0. The quantitative estimate of drug-likeness (QED) is 0.176. The Morgan fingerprint density at radius 3 is 2.02 bits per heavy atom. The number of hydrogen-bond donors (Lipinski definition) is 0. The van der Waals surface area contributed by atoms with Gasteiger partial charge in [0.05, 0.1) is 32.5 Å². The fourth-order valence-electron chi connectivity index (χ4n) is 8.86. The van der Waals surface area contributed by atoms with E-state index in [0.29, 0.717) is 0 Å². The van der Waals surface area contributed by atoms with E-state index in [-0.39, 0.29) is 0 Å². The zero-order valence-corrected chi connectivity index (χ0v) is 31.0. The van der Waals surface area contributed by atoms with Crippen molar-refractivity contribution in [1.82, 2.24) is 4.57 Å². The van der Waals surface area contributed by atoms with Gasteiger partial charge in [0, 0.05) is 48.4 Å².